The minimum atomic E-state index is -0.112. The molecule has 2 nitrogen and oxygen atoms in total. The lowest BCUT2D eigenvalue weighted by Crippen LogP contribution is -2.25. The number of hydrogen-bond donors (Lipinski definition) is 1. The molecule has 0 atom stereocenters. The standard InChI is InChI=1S/C16H19NO/c1-16(2,3)14-10-9-13(17-15(14)18)11-12-7-5-4-6-8-12/h4-10H,11H2,1-3H3,(H,17,18). The van der Waals surface area contributed by atoms with Crippen molar-refractivity contribution in [3.8, 4) is 0 Å². The minimum Gasteiger partial charge on any atom is -0.326 e. The summed E-state index contributed by atoms with van der Waals surface area (Å²) < 4.78 is 0. The zero-order valence-corrected chi connectivity index (χ0v) is 11.2. The third kappa shape index (κ3) is 2.89. The van der Waals surface area contributed by atoms with Gasteiger partial charge in [-0.1, -0.05) is 57.2 Å². The highest BCUT2D eigenvalue weighted by Gasteiger charge is 2.17. The maximum atomic E-state index is 12.0. The topological polar surface area (TPSA) is 32.9 Å². The van der Waals surface area contributed by atoms with E-state index in [1.165, 1.54) is 5.56 Å². The zero-order valence-electron chi connectivity index (χ0n) is 11.2. The summed E-state index contributed by atoms with van der Waals surface area (Å²) in [4.78, 5) is 15.0. The van der Waals surface area contributed by atoms with Crippen LogP contribution in [0.25, 0.3) is 0 Å². The van der Waals surface area contributed by atoms with Crippen LogP contribution in [0.15, 0.2) is 47.3 Å². The first-order chi connectivity index (χ1) is 8.47. The molecule has 0 bridgehead atoms. The summed E-state index contributed by atoms with van der Waals surface area (Å²) in [5.74, 6) is 0. The van der Waals surface area contributed by atoms with Crippen molar-refractivity contribution in [1.29, 1.82) is 0 Å². The molecule has 0 fully saturated rings. The second kappa shape index (κ2) is 4.81. The molecular formula is C16H19NO. The highest BCUT2D eigenvalue weighted by Crippen LogP contribution is 2.18. The molecule has 18 heavy (non-hydrogen) atoms. The second-order valence-electron chi connectivity index (χ2n) is 5.64. The highest BCUT2D eigenvalue weighted by molar-refractivity contribution is 5.25. The Morgan fingerprint density at radius 2 is 1.67 bits per heavy atom. The molecule has 0 amide bonds. The van der Waals surface area contributed by atoms with Crippen molar-refractivity contribution in [2.24, 2.45) is 0 Å². The van der Waals surface area contributed by atoms with E-state index in [0.717, 1.165) is 17.7 Å². The van der Waals surface area contributed by atoms with Gasteiger partial charge in [0.25, 0.3) is 5.56 Å². The number of H-pyrrole nitrogens is 1. The van der Waals surface area contributed by atoms with Gasteiger partial charge in [-0.25, -0.2) is 0 Å². The van der Waals surface area contributed by atoms with Crippen LogP contribution in [-0.4, -0.2) is 4.98 Å². The van der Waals surface area contributed by atoms with Crippen LogP contribution < -0.4 is 5.56 Å². The van der Waals surface area contributed by atoms with Gasteiger partial charge < -0.3 is 4.98 Å². The van der Waals surface area contributed by atoms with Crippen molar-refractivity contribution >= 4 is 0 Å². The lowest BCUT2D eigenvalue weighted by molar-refractivity contribution is 0.580. The van der Waals surface area contributed by atoms with Crippen molar-refractivity contribution in [2.45, 2.75) is 32.6 Å². The third-order valence-electron chi connectivity index (χ3n) is 3.02. The van der Waals surface area contributed by atoms with Gasteiger partial charge in [0.05, 0.1) is 0 Å². The van der Waals surface area contributed by atoms with E-state index in [-0.39, 0.29) is 11.0 Å². The first-order valence-electron chi connectivity index (χ1n) is 6.23. The Morgan fingerprint density at radius 3 is 2.22 bits per heavy atom. The van der Waals surface area contributed by atoms with Gasteiger partial charge in [-0.05, 0) is 17.0 Å². The summed E-state index contributed by atoms with van der Waals surface area (Å²) in [6.07, 6.45) is 0.764. The first kappa shape index (κ1) is 12.6. The number of nitrogens with one attached hydrogen (secondary N) is 1. The van der Waals surface area contributed by atoms with Crippen LogP contribution in [-0.2, 0) is 11.8 Å². The maximum Gasteiger partial charge on any atom is 0.251 e. The molecule has 0 radical (unpaired) electrons. The molecule has 94 valence electrons. The molecule has 1 aromatic carbocycles. The van der Waals surface area contributed by atoms with Crippen LogP contribution in [0.2, 0.25) is 0 Å². The Morgan fingerprint density at radius 1 is 1.00 bits per heavy atom. The number of benzene rings is 1. The summed E-state index contributed by atoms with van der Waals surface area (Å²) in [5.41, 5.74) is 2.91. The molecule has 0 spiro atoms. The van der Waals surface area contributed by atoms with Gasteiger partial charge in [0.15, 0.2) is 0 Å². The Kier molecular flexibility index (Phi) is 3.37. The van der Waals surface area contributed by atoms with Crippen molar-refractivity contribution in [1.82, 2.24) is 4.98 Å². The molecule has 1 heterocycles. The van der Waals surface area contributed by atoms with Crippen molar-refractivity contribution in [2.75, 3.05) is 0 Å². The maximum absolute atomic E-state index is 12.0. The summed E-state index contributed by atoms with van der Waals surface area (Å²) in [6, 6.07) is 14.1. The lowest BCUT2D eigenvalue weighted by atomic mass is 9.88. The molecule has 1 aromatic heterocycles. The fourth-order valence-corrected chi connectivity index (χ4v) is 2.02. The number of hydrogen-bond acceptors (Lipinski definition) is 1. The van der Waals surface area contributed by atoms with Crippen LogP contribution in [0.3, 0.4) is 0 Å². The number of rotatable bonds is 2. The van der Waals surface area contributed by atoms with Crippen LogP contribution in [0.5, 0.6) is 0 Å². The molecule has 2 rings (SSSR count). The van der Waals surface area contributed by atoms with Crippen LogP contribution in [0, 0.1) is 0 Å². The van der Waals surface area contributed by atoms with E-state index in [2.05, 4.69) is 37.9 Å². The molecule has 0 aliphatic heterocycles. The summed E-state index contributed by atoms with van der Waals surface area (Å²) >= 11 is 0. The van der Waals surface area contributed by atoms with Gasteiger partial charge in [-0.3, -0.25) is 4.79 Å². The van der Waals surface area contributed by atoms with E-state index in [1.54, 1.807) is 0 Å². The van der Waals surface area contributed by atoms with Crippen molar-refractivity contribution in [3.05, 3.63) is 69.6 Å². The quantitative estimate of drug-likeness (QED) is 0.860. The second-order valence-corrected chi connectivity index (χ2v) is 5.64. The molecule has 0 saturated carbocycles. The van der Waals surface area contributed by atoms with Gasteiger partial charge in [-0.15, -0.1) is 0 Å². The largest absolute Gasteiger partial charge is 0.326 e. The lowest BCUT2D eigenvalue weighted by Gasteiger charge is -2.17. The minimum absolute atomic E-state index is 0.0240. The van der Waals surface area contributed by atoms with Gasteiger partial charge in [0.2, 0.25) is 0 Å². The van der Waals surface area contributed by atoms with E-state index in [1.807, 2.05) is 30.3 Å². The van der Waals surface area contributed by atoms with E-state index < -0.39 is 0 Å². The Balaban J connectivity index is 2.28. The van der Waals surface area contributed by atoms with Crippen molar-refractivity contribution < 1.29 is 0 Å². The molecule has 0 saturated heterocycles. The molecule has 0 aliphatic rings. The molecule has 1 N–H and O–H groups in total. The monoisotopic (exact) mass is 241 g/mol. The molecule has 2 aromatic rings. The van der Waals surface area contributed by atoms with Crippen LogP contribution in [0.1, 0.15) is 37.6 Å². The molecule has 0 aliphatic carbocycles. The van der Waals surface area contributed by atoms with Gasteiger partial charge in [0, 0.05) is 17.7 Å². The smallest absolute Gasteiger partial charge is 0.251 e. The first-order valence-corrected chi connectivity index (χ1v) is 6.23. The predicted octanol–water partition coefficient (Wildman–Crippen LogP) is 3.26. The van der Waals surface area contributed by atoms with E-state index in [9.17, 15) is 4.79 Å². The third-order valence-corrected chi connectivity index (χ3v) is 3.02. The molecule has 0 unspecified atom stereocenters. The average Bonchev–Trinajstić information content (AvgIpc) is 2.28. The Bertz CT molecular complexity index is 576. The SMILES string of the molecule is CC(C)(C)c1ccc(Cc2ccccc2)[nH]c1=O. The van der Waals surface area contributed by atoms with E-state index >= 15 is 0 Å². The fourth-order valence-electron chi connectivity index (χ4n) is 2.02. The average molecular weight is 241 g/mol. The summed E-state index contributed by atoms with van der Waals surface area (Å²) in [5, 5.41) is 0. The van der Waals surface area contributed by atoms with Gasteiger partial charge >= 0.3 is 0 Å². The van der Waals surface area contributed by atoms with Crippen LogP contribution in [0.4, 0.5) is 0 Å². The van der Waals surface area contributed by atoms with Gasteiger partial charge in [-0.2, -0.15) is 0 Å². The molecular weight excluding hydrogens is 222 g/mol. The summed E-state index contributed by atoms with van der Waals surface area (Å²) in [6.45, 7) is 6.15. The van der Waals surface area contributed by atoms with E-state index in [0.29, 0.717) is 0 Å². The van der Waals surface area contributed by atoms with Gasteiger partial charge in [0.1, 0.15) is 0 Å². The van der Waals surface area contributed by atoms with E-state index in [4.69, 9.17) is 0 Å². The zero-order chi connectivity index (χ0) is 13.2. The Hall–Kier alpha value is -1.83. The summed E-state index contributed by atoms with van der Waals surface area (Å²) in [7, 11) is 0. The fraction of sp³-hybridized carbons (Fsp3) is 0.312. The molecule has 2 heteroatoms. The van der Waals surface area contributed by atoms with Crippen LogP contribution >= 0.6 is 0 Å². The number of aromatic amines is 1. The highest BCUT2D eigenvalue weighted by atomic mass is 16.1. The number of pyridine rings is 1. The predicted molar refractivity (Wildman–Crippen MR) is 75.0 cm³/mol. The normalized spacial score (nSPS) is 11.5. The Labute approximate surface area is 108 Å². The van der Waals surface area contributed by atoms with Crippen molar-refractivity contribution in [3.63, 3.8) is 0 Å². The number of aromatic nitrogens is 1.